The second-order valence-corrected chi connectivity index (χ2v) is 4.74. The third kappa shape index (κ3) is 4.17. The molecule has 0 aliphatic heterocycles. The molecule has 0 aromatic heterocycles. The largest absolute Gasteiger partial charge is 0.508 e. The number of aromatic hydroxyl groups is 1. The smallest absolute Gasteiger partial charge is 0.119 e. The van der Waals surface area contributed by atoms with Gasteiger partial charge in [-0.1, -0.05) is 30.7 Å². The summed E-state index contributed by atoms with van der Waals surface area (Å²) in [6.45, 7) is 4.01. The molecule has 0 radical (unpaired) electrons. The van der Waals surface area contributed by atoms with Crippen LogP contribution in [0.3, 0.4) is 0 Å². The van der Waals surface area contributed by atoms with Gasteiger partial charge in [0.15, 0.2) is 0 Å². The number of rotatable bonds is 6. The Morgan fingerprint density at radius 2 is 2.06 bits per heavy atom. The van der Waals surface area contributed by atoms with E-state index in [2.05, 4.69) is 6.92 Å². The highest BCUT2D eigenvalue weighted by Crippen LogP contribution is 2.29. The molecule has 1 aromatic carbocycles. The van der Waals surface area contributed by atoms with Gasteiger partial charge in [-0.3, -0.25) is 0 Å². The van der Waals surface area contributed by atoms with Gasteiger partial charge < -0.3 is 15.3 Å². The molecule has 3 nitrogen and oxygen atoms in total. The van der Waals surface area contributed by atoms with Crippen LogP contribution in [0.25, 0.3) is 0 Å². The molecule has 3 N–H and O–H groups in total. The van der Waals surface area contributed by atoms with E-state index in [0.29, 0.717) is 0 Å². The maximum atomic E-state index is 9.88. The average Bonchev–Trinajstić information content (AvgIpc) is 2.37. The number of allylic oxidation sites excluding steroid dienone is 1. The van der Waals surface area contributed by atoms with Crippen LogP contribution < -0.4 is 0 Å². The summed E-state index contributed by atoms with van der Waals surface area (Å²) in [5.74, 6) is 0.498. The summed E-state index contributed by atoms with van der Waals surface area (Å²) in [5, 5.41) is 27.7. The first kappa shape index (κ1) is 14.7. The Morgan fingerprint density at radius 1 is 1.33 bits per heavy atom. The van der Waals surface area contributed by atoms with Crippen molar-refractivity contribution in [2.24, 2.45) is 0 Å². The Bertz CT molecular complexity index is 410. The molecule has 0 spiro atoms. The summed E-state index contributed by atoms with van der Waals surface area (Å²) >= 11 is 0. The molecule has 3 heteroatoms. The normalized spacial score (nSPS) is 13.7. The molecule has 18 heavy (non-hydrogen) atoms. The lowest BCUT2D eigenvalue weighted by Crippen LogP contribution is -1.95. The Balaban J connectivity index is 2.64. The van der Waals surface area contributed by atoms with Crippen LogP contribution in [0.4, 0.5) is 0 Å². The van der Waals surface area contributed by atoms with Gasteiger partial charge in [0.05, 0.1) is 13.2 Å². The fourth-order valence-corrected chi connectivity index (χ4v) is 1.90. The van der Waals surface area contributed by atoms with Gasteiger partial charge >= 0.3 is 0 Å². The molecule has 0 unspecified atom stereocenters. The lowest BCUT2D eigenvalue weighted by Gasteiger charge is -2.13. The molecule has 0 aliphatic rings. The first-order chi connectivity index (χ1) is 8.58. The maximum absolute atomic E-state index is 9.88. The summed E-state index contributed by atoms with van der Waals surface area (Å²) in [4.78, 5) is 0. The SMILES string of the molecule is C/C(=C\CC[C@H](C)c1ccc(CO)cc1O)CO. The van der Waals surface area contributed by atoms with Crippen molar-refractivity contribution in [3.8, 4) is 5.75 Å². The van der Waals surface area contributed by atoms with E-state index in [1.807, 2.05) is 25.1 Å². The number of aliphatic hydroxyl groups excluding tert-OH is 2. The maximum Gasteiger partial charge on any atom is 0.119 e. The Morgan fingerprint density at radius 3 is 2.61 bits per heavy atom. The average molecular weight is 250 g/mol. The van der Waals surface area contributed by atoms with E-state index in [9.17, 15) is 5.11 Å². The van der Waals surface area contributed by atoms with Crippen molar-refractivity contribution in [3.63, 3.8) is 0 Å². The predicted molar refractivity (Wildman–Crippen MR) is 72.5 cm³/mol. The standard InChI is InChI=1S/C15H22O3/c1-11(9-16)4-3-5-12(2)14-7-6-13(10-17)8-15(14)18/h4,6-8,12,16-18H,3,5,9-10H2,1-2H3/b11-4+/t12-/m0/s1. The molecule has 0 heterocycles. The van der Waals surface area contributed by atoms with Crippen LogP contribution >= 0.6 is 0 Å². The fourth-order valence-electron chi connectivity index (χ4n) is 1.90. The van der Waals surface area contributed by atoms with Gasteiger partial charge in [0.2, 0.25) is 0 Å². The Labute approximate surface area is 108 Å². The molecule has 0 saturated carbocycles. The molecular weight excluding hydrogens is 228 g/mol. The molecule has 0 saturated heterocycles. The molecular formula is C15H22O3. The lowest BCUT2D eigenvalue weighted by molar-refractivity contribution is 0.281. The monoisotopic (exact) mass is 250 g/mol. The highest BCUT2D eigenvalue weighted by atomic mass is 16.3. The van der Waals surface area contributed by atoms with Crippen LogP contribution in [0.1, 0.15) is 43.7 Å². The fraction of sp³-hybridized carbons (Fsp3) is 0.467. The van der Waals surface area contributed by atoms with Gasteiger partial charge in [0.1, 0.15) is 5.75 Å². The van der Waals surface area contributed by atoms with Gasteiger partial charge in [-0.15, -0.1) is 0 Å². The second kappa shape index (κ2) is 7.19. The minimum atomic E-state index is -0.0549. The molecule has 0 fully saturated rings. The Kier molecular flexibility index (Phi) is 5.89. The molecule has 0 amide bonds. The lowest BCUT2D eigenvalue weighted by atomic mass is 9.94. The summed E-state index contributed by atoms with van der Waals surface area (Å²) in [5.41, 5.74) is 2.60. The summed E-state index contributed by atoms with van der Waals surface area (Å²) in [7, 11) is 0. The van der Waals surface area contributed by atoms with Gasteiger partial charge in [0.25, 0.3) is 0 Å². The van der Waals surface area contributed by atoms with Gasteiger partial charge in [-0.05, 0) is 42.9 Å². The highest BCUT2D eigenvalue weighted by Gasteiger charge is 2.10. The zero-order chi connectivity index (χ0) is 13.5. The number of phenolic OH excluding ortho intramolecular Hbond substituents is 1. The summed E-state index contributed by atoms with van der Waals surface area (Å²) in [6, 6.07) is 5.31. The van der Waals surface area contributed by atoms with Crippen molar-refractivity contribution >= 4 is 0 Å². The summed E-state index contributed by atoms with van der Waals surface area (Å²) < 4.78 is 0. The number of phenols is 1. The molecule has 0 bridgehead atoms. The second-order valence-electron chi connectivity index (χ2n) is 4.74. The minimum Gasteiger partial charge on any atom is -0.508 e. The Hall–Kier alpha value is -1.32. The van der Waals surface area contributed by atoms with E-state index in [0.717, 1.165) is 29.5 Å². The molecule has 100 valence electrons. The molecule has 1 rings (SSSR count). The molecule has 1 atom stereocenters. The number of hydrogen-bond acceptors (Lipinski definition) is 3. The van der Waals surface area contributed by atoms with Crippen LogP contribution in [-0.4, -0.2) is 21.9 Å². The van der Waals surface area contributed by atoms with Crippen molar-refractivity contribution < 1.29 is 15.3 Å². The van der Waals surface area contributed by atoms with E-state index in [1.54, 1.807) is 6.07 Å². The topological polar surface area (TPSA) is 60.7 Å². The van der Waals surface area contributed by atoms with E-state index in [-0.39, 0.29) is 24.9 Å². The number of hydrogen-bond donors (Lipinski definition) is 3. The van der Waals surface area contributed by atoms with E-state index < -0.39 is 0 Å². The van der Waals surface area contributed by atoms with Crippen LogP contribution in [0, 0.1) is 0 Å². The number of aliphatic hydroxyl groups is 2. The number of benzene rings is 1. The van der Waals surface area contributed by atoms with E-state index >= 15 is 0 Å². The quantitative estimate of drug-likeness (QED) is 0.680. The van der Waals surface area contributed by atoms with Crippen LogP contribution in [0.15, 0.2) is 29.8 Å². The first-order valence-electron chi connectivity index (χ1n) is 6.27. The highest BCUT2D eigenvalue weighted by molar-refractivity contribution is 5.38. The molecule has 1 aromatic rings. The van der Waals surface area contributed by atoms with E-state index in [1.165, 1.54) is 0 Å². The van der Waals surface area contributed by atoms with Crippen molar-refractivity contribution in [2.75, 3.05) is 6.61 Å². The van der Waals surface area contributed by atoms with Crippen LogP contribution in [-0.2, 0) is 6.61 Å². The molecule has 0 aliphatic carbocycles. The van der Waals surface area contributed by atoms with Crippen molar-refractivity contribution in [2.45, 2.75) is 39.2 Å². The minimum absolute atomic E-state index is 0.0549. The van der Waals surface area contributed by atoms with Crippen LogP contribution in [0.2, 0.25) is 0 Å². The van der Waals surface area contributed by atoms with Crippen molar-refractivity contribution in [1.29, 1.82) is 0 Å². The zero-order valence-electron chi connectivity index (χ0n) is 11.1. The summed E-state index contributed by atoms with van der Waals surface area (Å²) in [6.07, 6.45) is 3.83. The third-order valence-electron chi connectivity index (χ3n) is 3.15. The third-order valence-corrected chi connectivity index (χ3v) is 3.15. The predicted octanol–water partition coefficient (Wildman–Crippen LogP) is 2.71. The van der Waals surface area contributed by atoms with Crippen molar-refractivity contribution in [1.82, 2.24) is 0 Å². The van der Waals surface area contributed by atoms with Gasteiger partial charge in [-0.25, -0.2) is 0 Å². The van der Waals surface area contributed by atoms with Crippen LogP contribution in [0.5, 0.6) is 5.75 Å². The van der Waals surface area contributed by atoms with Gasteiger partial charge in [-0.2, -0.15) is 0 Å². The van der Waals surface area contributed by atoms with Crippen molar-refractivity contribution in [3.05, 3.63) is 41.0 Å². The van der Waals surface area contributed by atoms with E-state index in [4.69, 9.17) is 10.2 Å². The first-order valence-corrected chi connectivity index (χ1v) is 6.27. The zero-order valence-corrected chi connectivity index (χ0v) is 11.1. The van der Waals surface area contributed by atoms with Gasteiger partial charge in [0, 0.05) is 0 Å².